The summed E-state index contributed by atoms with van der Waals surface area (Å²) in [4.78, 5) is 6.90. The van der Waals surface area contributed by atoms with Crippen LogP contribution in [-0.2, 0) is 0 Å². The van der Waals surface area contributed by atoms with Crippen LogP contribution in [0.5, 0.6) is 17.2 Å². The molecule has 0 bridgehead atoms. The number of aromatic nitrogens is 2. The summed E-state index contributed by atoms with van der Waals surface area (Å²) < 4.78 is 14.7. The maximum Gasteiger partial charge on any atom is 0.174 e. The van der Waals surface area contributed by atoms with Crippen LogP contribution in [0, 0.1) is 13.8 Å². The Labute approximate surface area is 253 Å². The number of benzene rings is 3. The predicted molar refractivity (Wildman–Crippen MR) is 170 cm³/mol. The van der Waals surface area contributed by atoms with Gasteiger partial charge in [0.1, 0.15) is 17.2 Å². The van der Waals surface area contributed by atoms with Gasteiger partial charge in [0.25, 0.3) is 0 Å². The van der Waals surface area contributed by atoms with Gasteiger partial charge in [0.05, 0.1) is 24.9 Å². The van der Waals surface area contributed by atoms with Crippen molar-refractivity contribution >= 4 is 38.9 Å². The fourth-order valence-corrected chi connectivity index (χ4v) is 6.09. The Morgan fingerprint density at radius 1 is 0.829 bits per heavy atom. The first-order valence-electron chi connectivity index (χ1n) is 13.3. The molecule has 6 nitrogen and oxygen atoms in total. The van der Waals surface area contributed by atoms with Crippen molar-refractivity contribution in [3.8, 4) is 22.9 Å². The lowest BCUT2D eigenvalue weighted by Crippen LogP contribution is -2.29. The summed E-state index contributed by atoms with van der Waals surface area (Å²) in [6.07, 6.45) is 1.83. The van der Waals surface area contributed by atoms with E-state index in [0.29, 0.717) is 5.11 Å². The fourth-order valence-electron chi connectivity index (χ4n) is 5.48. The molecule has 1 saturated heterocycles. The molecule has 2 aromatic heterocycles. The first kappa shape index (κ1) is 27.1. The third-order valence-electron chi connectivity index (χ3n) is 7.38. The van der Waals surface area contributed by atoms with Crippen molar-refractivity contribution in [2.45, 2.75) is 25.9 Å². The van der Waals surface area contributed by atoms with Gasteiger partial charge in [-0.05, 0) is 123 Å². The molecule has 3 aromatic carbocycles. The minimum Gasteiger partial charge on any atom is -0.497 e. The molecule has 1 aliphatic heterocycles. The monoisotopic (exact) mass is 624 g/mol. The number of methoxy groups -OCH3 is 1. The van der Waals surface area contributed by atoms with E-state index in [1.807, 2.05) is 54.7 Å². The molecule has 1 fully saturated rings. The van der Waals surface area contributed by atoms with E-state index in [1.54, 1.807) is 7.11 Å². The summed E-state index contributed by atoms with van der Waals surface area (Å²) in [6.45, 7) is 4.32. The minimum atomic E-state index is -0.127. The molecule has 6 rings (SSSR count). The Morgan fingerprint density at radius 2 is 1.46 bits per heavy atom. The third kappa shape index (κ3) is 5.33. The van der Waals surface area contributed by atoms with Crippen LogP contribution in [0.4, 0.5) is 5.69 Å². The van der Waals surface area contributed by atoms with Gasteiger partial charge in [-0.1, -0.05) is 22.0 Å². The lowest BCUT2D eigenvalue weighted by Gasteiger charge is -2.28. The maximum absolute atomic E-state index is 6.08. The van der Waals surface area contributed by atoms with Gasteiger partial charge >= 0.3 is 0 Å². The Hall–Kier alpha value is -4.14. The van der Waals surface area contributed by atoms with Crippen molar-refractivity contribution in [2.24, 2.45) is 0 Å². The highest BCUT2D eigenvalue weighted by atomic mass is 79.9. The van der Waals surface area contributed by atoms with E-state index < -0.39 is 0 Å². The van der Waals surface area contributed by atoms with E-state index in [9.17, 15) is 0 Å². The van der Waals surface area contributed by atoms with Crippen LogP contribution in [0.2, 0.25) is 0 Å². The van der Waals surface area contributed by atoms with Gasteiger partial charge in [0.2, 0.25) is 0 Å². The van der Waals surface area contributed by atoms with Crippen molar-refractivity contribution in [1.29, 1.82) is 0 Å². The minimum absolute atomic E-state index is 0.110. The Balaban J connectivity index is 1.38. The number of hydrogen-bond donors (Lipinski definition) is 1. The zero-order valence-electron chi connectivity index (χ0n) is 22.9. The molecule has 3 heterocycles. The van der Waals surface area contributed by atoms with Crippen molar-refractivity contribution in [1.82, 2.24) is 14.9 Å². The van der Waals surface area contributed by atoms with Gasteiger partial charge in [-0.3, -0.25) is 4.98 Å². The van der Waals surface area contributed by atoms with Gasteiger partial charge in [-0.2, -0.15) is 0 Å². The number of ether oxygens (including phenoxy) is 2. The molecule has 206 valence electrons. The number of nitrogens with zero attached hydrogens (tertiary/aromatic N) is 3. The van der Waals surface area contributed by atoms with Crippen LogP contribution in [0.3, 0.4) is 0 Å². The quantitative estimate of drug-likeness (QED) is 0.184. The second kappa shape index (κ2) is 11.4. The summed E-state index contributed by atoms with van der Waals surface area (Å²) in [6, 6.07) is 32.0. The summed E-state index contributed by atoms with van der Waals surface area (Å²) in [5.74, 6) is 2.27. The number of halogens is 1. The second-order valence-corrected chi connectivity index (χ2v) is 11.2. The van der Waals surface area contributed by atoms with E-state index in [4.69, 9.17) is 26.7 Å². The number of anilines is 1. The summed E-state index contributed by atoms with van der Waals surface area (Å²) in [7, 11) is 1.65. The summed E-state index contributed by atoms with van der Waals surface area (Å²) in [5, 5.41) is 4.23. The first-order chi connectivity index (χ1) is 19.9. The van der Waals surface area contributed by atoms with E-state index in [-0.39, 0.29) is 12.1 Å². The summed E-state index contributed by atoms with van der Waals surface area (Å²) in [5.41, 5.74) is 6.53. The Bertz CT molecular complexity index is 1670. The largest absolute Gasteiger partial charge is 0.497 e. The molecule has 1 aliphatic rings. The fraction of sp³-hybridized carbons (Fsp3) is 0.152. The molecule has 41 heavy (non-hydrogen) atoms. The normalized spacial score (nSPS) is 16.5. The molecule has 0 radical (unpaired) electrons. The zero-order valence-corrected chi connectivity index (χ0v) is 25.3. The highest BCUT2D eigenvalue weighted by Crippen LogP contribution is 2.44. The standard InChI is InChI=1S/C33H29BrN4O2S/c1-21-20-29(22(2)37(21)24-9-7-23(34)8-10-24)32-31(30-6-4-5-19-35-30)36-33(41)38(32)25-11-13-27(14-12-25)40-28-17-15-26(39-3)16-18-28/h4-20,31-32H,1-3H3,(H,36,41)/t31-,32+/m0/s1. The molecule has 0 spiro atoms. The molecule has 5 aromatic rings. The van der Waals surface area contributed by atoms with E-state index in [0.717, 1.165) is 50.2 Å². The van der Waals surface area contributed by atoms with Crippen molar-refractivity contribution in [3.63, 3.8) is 0 Å². The van der Waals surface area contributed by atoms with Crippen LogP contribution >= 0.6 is 28.1 Å². The van der Waals surface area contributed by atoms with Crippen LogP contribution in [-0.4, -0.2) is 21.8 Å². The second-order valence-electron chi connectivity index (χ2n) is 9.91. The molecule has 0 saturated carbocycles. The van der Waals surface area contributed by atoms with Crippen LogP contribution in [0.1, 0.15) is 34.7 Å². The Morgan fingerprint density at radius 3 is 2.10 bits per heavy atom. The highest BCUT2D eigenvalue weighted by molar-refractivity contribution is 9.10. The highest BCUT2D eigenvalue weighted by Gasteiger charge is 2.42. The van der Waals surface area contributed by atoms with Crippen molar-refractivity contribution in [2.75, 3.05) is 12.0 Å². The number of rotatable bonds is 7. The third-order valence-corrected chi connectivity index (χ3v) is 8.23. The molecule has 0 amide bonds. The number of nitrogens with one attached hydrogen (secondary N) is 1. The topological polar surface area (TPSA) is 51.6 Å². The molecule has 2 atom stereocenters. The van der Waals surface area contributed by atoms with Crippen LogP contribution < -0.4 is 19.7 Å². The van der Waals surface area contributed by atoms with E-state index >= 15 is 0 Å². The zero-order chi connectivity index (χ0) is 28.5. The molecule has 0 aliphatic carbocycles. The smallest absolute Gasteiger partial charge is 0.174 e. The molecular weight excluding hydrogens is 596 g/mol. The van der Waals surface area contributed by atoms with Gasteiger partial charge in [0.15, 0.2) is 5.11 Å². The molecule has 0 unspecified atom stereocenters. The Kier molecular flexibility index (Phi) is 7.51. The van der Waals surface area contributed by atoms with E-state index in [1.165, 1.54) is 5.56 Å². The number of hydrogen-bond acceptors (Lipinski definition) is 4. The lowest BCUT2D eigenvalue weighted by atomic mass is 9.96. The predicted octanol–water partition coefficient (Wildman–Crippen LogP) is 8.23. The van der Waals surface area contributed by atoms with Gasteiger partial charge in [-0.25, -0.2) is 0 Å². The van der Waals surface area contributed by atoms with Crippen molar-refractivity contribution < 1.29 is 9.47 Å². The van der Waals surface area contributed by atoms with Gasteiger partial charge in [-0.15, -0.1) is 0 Å². The lowest BCUT2D eigenvalue weighted by molar-refractivity contribution is 0.413. The average molecular weight is 626 g/mol. The number of thiocarbonyl (C=S) groups is 1. The van der Waals surface area contributed by atoms with Gasteiger partial charge in [0, 0.05) is 33.4 Å². The van der Waals surface area contributed by atoms with Crippen molar-refractivity contribution in [3.05, 3.63) is 130 Å². The first-order valence-corrected chi connectivity index (χ1v) is 14.5. The van der Waals surface area contributed by atoms with Gasteiger partial charge < -0.3 is 24.3 Å². The molecular formula is C33H29BrN4O2S. The van der Waals surface area contributed by atoms with Crippen LogP contribution in [0.15, 0.2) is 108 Å². The van der Waals surface area contributed by atoms with E-state index in [2.05, 4.69) is 93.1 Å². The SMILES string of the molecule is COc1ccc(Oc2ccc(N3C(=S)N[C@@H](c4ccccn4)[C@H]3c3cc(C)n(-c4ccc(Br)cc4)c3C)cc2)cc1. The molecule has 8 heteroatoms. The van der Waals surface area contributed by atoms with Crippen LogP contribution in [0.25, 0.3) is 5.69 Å². The summed E-state index contributed by atoms with van der Waals surface area (Å²) >= 11 is 9.52. The maximum atomic E-state index is 6.08. The molecule has 1 N–H and O–H groups in total. The number of aryl methyl sites for hydroxylation is 1. The average Bonchev–Trinajstić information content (AvgIpc) is 3.49. The number of pyridine rings is 1.